The van der Waals surface area contributed by atoms with Crippen LogP contribution in [-0.2, 0) is 24.2 Å². The number of carbonyl (C=O) groups excluding carboxylic acids is 1. The minimum atomic E-state index is -0.0547. The van der Waals surface area contributed by atoms with Gasteiger partial charge in [0.05, 0.1) is 31.2 Å². The summed E-state index contributed by atoms with van der Waals surface area (Å²) in [5.74, 6) is 2.35. The van der Waals surface area contributed by atoms with Crippen molar-refractivity contribution in [2.75, 3.05) is 20.3 Å². The second-order valence-electron chi connectivity index (χ2n) is 7.89. The average molecular weight is 478 g/mol. The summed E-state index contributed by atoms with van der Waals surface area (Å²) in [5, 5.41) is 3.60. The lowest BCUT2D eigenvalue weighted by atomic mass is 10.1. The Kier molecular flexibility index (Phi) is 8.04. The number of nitrogens with one attached hydrogen (secondary N) is 1. The van der Waals surface area contributed by atoms with Gasteiger partial charge in [-0.15, -0.1) is 0 Å². The van der Waals surface area contributed by atoms with Crippen molar-refractivity contribution in [2.45, 2.75) is 25.8 Å². The van der Waals surface area contributed by atoms with Crippen molar-refractivity contribution in [1.29, 1.82) is 0 Å². The van der Waals surface area contributed by atoms with Crippen LogP contribution in [-0.4, -0.2) is 35.7 Å². The summed E-state index contributed by atoms with van der Waals surface area (Å²) >= 11 is 6.17. The first-order chi connectivity index (χ1) is 16.7. The third kappa shape index (κ3) is 5.88. The van der Waals surface area contributed by atoms with Gasteiger partial charge in [0.25, 0.3) is 0 Å². The maximum absolute atomic E-state index is 12.4. The molecule has 34 heavy (non-hydrogen) atoms. The number of rotatable bonds is 11. The standard InChI is InChI=1S/C27H28ClN3O3/c1-33-24-13-6-7-14-25(24)34-18-8-17-31-23-12-5-4-11-22(23)30-26(31)15-16-29-27(32)19-20-9-2-3-10-21(20)28/h2-7,9-14H,8,15-19H2,1H3,(H,29,32). The summed E-state index contributed by atoms with van der Waals surface area (Å²) in [6, 6.07) is 23.1. The number of hydrogen-bond donors (Lipinski definition) is 1. The molecule has 0 aliphatic carbocycles. The van der Waals surface area contributed by atoms with Crippen LogP contribution in [0.4, 0.5) is 0 Å². The van der Waals surface area contributed by atoms with Gasteiger partial charge in [-0.3, -0.25) is 4.79 Å². The minimum Gasteiger partial charge on any atom is -0.493 e. The van der Waals surface area contributed by atoms with Crippen LogP contribution in [0.25, 0.3) is 11.0 Å². The molecule has 7 heteroatoms. The van der Waals surface area contributed by atoms with E-state index in [1.807, 2.05) is 60.7 Å². The Labute approximate surface area is 204 Å². The Morgan fingerprint density at radius 2 is 1.74 bits per heavy atom. The third-order valence-corrected chi connectivity index (χ3v) is 5.93. The number of nitrogens with zero attached hydrogens (tertiary/aromatic N) is 2. The van der Waals surface area contributed by atoms with Crippen LogP contribution in [0, 0.1) is 0 Å². The first kappa shape index (κ1) is 23.6. The van der Waals surface area contributed by atoms with Gasteiger partial charge in [0.2, 0.25) is 5.91 Å². The second-order valence-corrected chi connectivity index (χ2v) is 8.30. The Morgan fingerprint density at radius 1 is 1.00 bits per heavy atom. The summed E-state index contributed by atoms with van der Waals surface area (Å²) in [6.45, 7) is 1.82. The fraction of sp³-hybridized carbons (Fsp3) is 0.259. The molecule has 176 valence electrons. The number of benzene rings is 3. The molecule has 0 aliphatic heterocycles. The molecular formula is C27H28ClN3O3. The number of hydrogen-bond acceptors (Lipinski definition) is 4. The Bertz CT molecular complexity index is 1250. The van der Waals surface area contributed by atoms with Crippen LogP contribution in [0.15, 0.2) is 72.8 Å². The van der Waals surface area contributed by atoms with Gasteiger partial charge in [0.15, 0.2) is 11.5 Å². The molecule has 1 N–H and O–H groups in total. The zero-order valence-corrected chi connectivity index (χ0v) is 19.9. The van der Waals surface area contributed by atoms with Gasteiger partial charge in [-0.25, -0.2) is 4.98 Å². The normalized spacial score (nSPS) is 10.9. The molecule has 0 fully saturated rings. The fourth-order valence-electron chi connectivity index (χ4n) is 3.90. The Balaban J connectivity index is 1.35. The highest BCUT2D eigenvalue weighted by atomic mass is 35.5. The zero-order chi connectivity index (χ0) is 23.8. The minimum absolute atomic E-state index is 0.0547. The molecule has 0 saturated carbocycles. The van der Waals surface area contributed by atoms with E-state index in [2.05, 4.69) is 16.0 Å². The number of halogens is 1. The van der Waals surface area contributed by atoms with Gasteiger partial charge in [0.1, 0.15) is 5.82 Å². The highest BCUT2D eigenvalue weighted by Gasteiger charge is 2.12. The van der Waals surface area contributed by atoms with Gasteiger partial charge >= 0.3 is 0 Å². The molecule has 4 rings (SSSR count). The molecular weight excluding hydrogens is 450 g/mol. The lowest BCUT2D eigenvalue weighted by Gasteiger charge is -2.12. The molecule has 0 bridgehead atoms. The quantitative estimate of drug-likeness (QED) is 0.306. The van der Waals surface area contributed by atoms with Crippen LogP contribution in [0.5, 0.6) is 11.5 Å². The highest BCUT2D eigenvalue weighted by molar-refractivity contribution is 6.31. The predicted octanol–water partition coefficient (Wildman–Crippen LogP) is 5.07. The molecule has 1 heterocycles. The highest BCUT2D eigenvalue weighted by Crippen LogP contribution is 2.26. The molecule has 1 aromatic heterocycles. The summed E-state index contributed by atoms with van der Waals surface area (Å²) < 4.78 is 13.5. The summed E-state index contributed by atoms with van der Waals surface area (Å²) in [5.41, 5.74) is 2.85. The number of aromatic nitrogens is 2. The number of methoxy groups -OCH3 is 1. The molecule has 3 aromatic carbocycles. The molecule has 4 aromatic rings. The molecule has 1 amide bonds. The lowest BCUT2D eigenvalue weighted by Crippen LogP contribution is -2.28. The van der Waals surface area contributed by atoms with Crippen molar-refractivity contribution in [3.05, 3.63) is 89.2 Å². The third-order valence-electron chi connectivity index (χ3n) is 5.57. The molecule has 0 spiro atoms. The molecule has 0 radical (unpaired) electrons. The first-order valence-electron chi connectivity index (χ1n) is 11.4. The van der Waals surface area contributed by atoms with Crippen LogP contribution < -0.4 is 14.8 Å². The second kappa shape index (κ2) is 11.6. The van der Waals surface area contributed by atoms with E-state index in [0.29, 0.717) is 24.6 Å². The monoisotopic (exact) mass is 477 g/mol. The van der Waals surface area contributed by atoms with E-state index in [0.717, 1.165) is 46.9 Å². The van der Waals surface area contributed by atoms with Crippen LogP contribution in [0.3, 0.4) is 0 Å². The van der Waals surface area contributed by atoms with E-state index in [1.165, 1.54) is 0 Å². The van der Waals surface area contributed by atoms with Gasteiger partial charge < -0.3 is 19.4 Å². The molecule has 0 saturated heterocycles. The molecule has 0 unspecified atom stereocenters. The smallest absolute Gasteiger partial charge is 0.224 e. The van der Waals surface area contributed by atoms with Crippen molar-refractivity contribution in [2.24, 2.45) is 0 Å². The van der Waals surface area contributed by atoms with Gasteiger partial charge in [-0.1, -0.05) is 54.1 Å². The van der Waals surface area contributed by atoms with Crippen LogP contribution in [0.1, 0.15) is 17.8 Å². The van der Waals surface area contributed by atoms with Crippen molar-refractivity contribution in [3.63, 3.8) is 0 Å². The van der Waals surface area contributed by atoms with Gasteiger partial charge in [0, 0.05) is 24.5 Å². The number of para-hydroxylation sites is 4. The van der Waals surface area contributed by atoms with Crippen molar-refractivity contribution in [1.82, 2.24) is 14.9 Å². The SMILES string of the molecule is COc1ccccc1OCCCn1c(CCNC(=O)Cc2ccccc2Cl)nc2ccccc21. The van der Waals surface area contributed by atoms with Crippen LogP contribution >= 0.6 is 11.6 Å². The molecule has 6 nitrogen and oxygen atoms in total. The maximum Gasteiger partial charge on any atom is 0.224 e. The number of aryl methyl sites for hydroxylation is 1. The van der Waals surface area contributed by atoms with Crippen molar-refractivity contribution >= 4 is 28.5 Å². The Morgan fingerprint density at radius 3 is 2.56 bits per heavy atom. The lowest BCUT2D eigenvalue weighted by molar-refractivity contribution is -0.120. The largest absolute Gasteiger partial charge is 0.493 e. The van der Waals surface area contributed by atoms with Crippen molar-refractivity contribution in [3.8, 4) is 11.5 Å². The van der Waals surface area contributed by atoms with E-state index in [1.54, 1.807) is 13.2 Å². The summed E-state index contributed by atoms with van der Waals surface area (Å²) in [6.07, 6.45) is 1.71. The fourth-order valence-corrected chi connectivity index (χ4v) is 4.10. The van der Waals surface area contributed by atoms with Gasteiger partial charge in [-0.05, 0) is 42.3 Å². The summed E-state index contributed by atoms with van der Waals surface area (Å²) in [7, 11) is 1.64. The number of amides is 1. The summed E-state index contributed by atoms with van der Waals surface area (Å²) in [4.78, 5) is 17.2. The predicted molar refractivity (Wildman–Crippen MR) is 135 cm³/mol. The van der Waals surface area contributed by atoms with Crippen LogP contribution in [0.2, 0.25) is 5.02 Å². The van der Waals surface area contributed by atoms with E-state index >= 15 is 0 Å². The van der Waals surface area contributed by atoms with Gasteiger partial charge in [-0.2, -0.15) is 0 Å². The van der Waals surface area contributed by atoms with E-state index in [9.17, 15) is 4.79 Å². The maximum atomic E-state index is 12.4. The zero-order valence-electron chi connectivity index (χ0n) is 19.2. The molecule has 0 atom stereocenters. The Hall–Kier alpha value is -3.51. The van der Waals surface area contributed by atoms with E-state index in [-0.39, 0.29) is 12.3 Å². The molecule has 0 aliphatic rings. The number of ether oxygens (including phenoxy) is 2. The number of carbonyl (C=O) groups is 1. The number of fused-ring (bicyclic) bond motifs is 1. The first-order valence-corrected chi connectivity index (χ1v) is 11.7. The topological polar surface area (TPSA) is 65.4 Å². The van der Waals surface area contributed by atoms with Crippen molar-refractivity contribution < 1.29 is 14.3 Å². The van der Waals surface area contributed by atoms with E-state index in [4.69, 9.17) is 26.1 Å². The number of imidazole rings is 1. The van der Waals surface area contributed by atoms with E-state index < -0.39 is 0 Å². The average Bonchev–Trinajstić information content (AvgIpc) is 3.21.